The van der Waals surface area contributed by atoms with Gasteiger partial charge in [-0.2, -0.15) is 0 Å². The lowest BCUT2D eigenvalue weighted by molar-refractivity contribution is 0.233. The Bertz CT molecular complexity index is 269. The van der Waals surface area contributed by atoms with Gasteiger partial charge in [-0.05, 0) is 26.9 Å². The Kier molecular flexibility index (Phi) is 15.6. The molecular weight excluding hydrogens is 286 g/mol. The molecule has 0 saturated carbocycles. The van der Waals surface area contributed by atoms with Gasteiger partial charge in [0.05, 0.1) is 0 Å². The van der Waals surface area contributed by atoms with Crippen LogP contribution in [0.25, 0.3) is 0 Å². The molecule has 2 amide bonds. The maximum absolute atomic E-state index is 12.0. The van der Waals surface area contributed by atoms with Gasteiger partial charge in [0.1, 0.15) is 0 Å². The highest BCUT2D eigenvalue weighted by Gasteiger charge is 2.11. The van der Waals surface area contributed by atoms with Crippen LogP contribution in [0.3, 0.4) is 0 Å². The summed E-state index contributed by atoms with van der Waals surface area (Å²) in [6.45, 7) is 6.07. The van der Waals surface area contributed by atoms with Crippen LogP contribution in [0.4, 0.5) is 4.79 Å². The van der Waals surface area contributed by atoms with Crippen molar-refractivity contribution in [3.05, 3.63) is 0 Å². The minimum atomic E-state index is 0.000833. The molecule has 0 fully saturated rings. The summed E-state index contributed by atoms with van der Waals surface area (Å²) < 4.78 is 0. The Balaban J connectivity index is 4.00. The number of urea groups is 1. The van der Waals surface area contributed by atoms with Crippen molar-refractivity contribution in [3.8, 4) is 0 Å². The van der Waals surface area contributed by atoms with Gasteiger partial charge in [-0.1, -0.05) is 71.6 Å². The first kappa shape index (κ1) is 22.2. The first-order chi connectivity index (χ1) is 11.1. The Labute approximate surface area is 144 Å². The number of unbranched alkanes of at least 4 members (excludes halogenated alkanes) is 7. The van der Waals surface area contributed by atoms with Crippen molar-refractivity contribution < 1.29 is 4.79 Å². The fourth-order valence-corrected chi connectivity index (χ4v) is 2.73. The molecule has 1 unspecified atom stereocenters. The average Bonchev–Trinajstić information content (AvgIpc) is 2.50. The van der Waals surface area contributed by atoms with E-state index in [4.69, 9.17) is 0 Å². The third-order valence-corrected chi connectivity index (χ3v) is 4.24. The van der Waals surface area contributed by atoms with E-state index in [-0.39, 0.29) is 6.03 Å². The number of rotatable bonds is 15. The molecule has 0 heterocycles. The van der Waals surface area contributed by atoms with Gasteiger partial charge in [-0.25, -0.2) is 4.79 Å². The highest BCUT2D eigenvalue weighted by molar-refractivity contribution is 5.74. The number of hydrogen-bond donors (Lipinski definition) is 2. The zero-order chi connectivity index (χ0) is 17.3. The quantitative estimate of drug-likeness (QED) is 0.433. The lowest BCUT2D eigenvalue weighted by Crippen LogP contribution is -2.44. The van der Waals surface area contributed by atoms with Crippen LogP contribution in [0.2, 0.25) is 0 Å². The van der Waals surface area contributed by atoms with Crippen molar-refractivity contribution in [2.45, 2.75) is 90.5 Å². The summed E-state index contributed by atoms with van der Waals surface area (Å²) in [5.41, 5.74) is 0. The summed E-state index contributed by atoms with van der Waals surface area (Å²) in [4.78, 5) is 14.1. The van der Waals surface area contributed by atoms with Crippen LogP contribution in [0, 0.1) is 0 Å². The van der Waals surface area contributed by atoms with E-state index < -0.39 is 0 Å². The van der Waals surface area contributed by atoms with Crippen molar-refractivity contribution in [1.82, 2.24) is 15.5 Å². The van der Waals surface area contributed by atoms with Crippen molar-refractivity contribution in [3.63, 3.8) is 0 Å². The second kappa shape index (κ2) is 16.1. The summed E-state index contributed by atoms with van der Waals surface area (Å²) >= 11 is 0. The van der Waals surface area contributed by atoms with E-state index >= 15 is 0 Å². The van der Waals surface area contributed by atoms with Gasteiger partial charge in [-0.15, -0.1) is 0 Å². The van der Waals surface area contributed by atoms with Crippen LogP contribution < -0.4 is 10.6 Å². The molecule has 0 rings (SSSR count). The Morgan fingerprint density at radius 1 is 0.870 bits per heavy atom. The molecule has 0 aliphatic rings. The number of amides is 2. The monoisotopic (exact) mass is 327 g/mol. The van der Waals surface area contributed by atoms with E-state index in [0.29, 0.717) is 12.6 Å². The Morgan fingerprint density at radius 2 is 1.39 bits per heavy atom. The van der Waals surface area contributed by atoms with Gasteiger partial charge < -0.3 is 15.5 Å². The highest BCUT2D eigenvalue weighted by atomic mass is 16.2. The van der Waals surface area contributed by atoms with Gasteiger partial charge in [0.25, 0.3) is 0 Å². The van der Waals surface area contributed by atoms with Crippen LogP contribution in [0.1, 0.15) is 84.5 Å². The average molecular weight is 328 g/mol. The van der Waals surface area contributed by atoms with Crippen LogP contribution in [-0.2, 0) is 0 Å². The number of hydrogen-bond acceptors (Lipinski definition) is 2. The lowest BCUT2D eigenvalue weighted by Gasteiger charge is -2.20. The summed E-state index contributed by atoms with van der Waals surface area (Å²) in [7, 11) is 4.04. The van der Waals surface area contributed by atoms with E-state index in [2.05, 4.69) is 29.4 Å². The second-order valence-corrected chi connectivity index (χ2v) is 6.95. The first-order valence-electron chi connectivity index (χ1n) is 9.79. The van der Waals surface area contributed by atoms with Crippen molar-refractivity contribution in [2.24, 2.45) is 0 Å². The van der Waals surface area contributed by atoms with E-state index in [1.165, 1.54) is 57.8 Å². The lowest BCUT2D eigenvalue weighted by atomic mass is 10.0. The molecule has 0 radical (unpaired) electrons. The van der Waals surface area contributed by atoms with E-state index in [9.17, 15) is 4.79 Å². The first-order valence-corrected chi connectivity index (χ1v) is 9.79. The maximum atomic E-state index is 12.0. The van der Waals surface area contributed by atoms with Crippen LogP contribution in [-0.4, -0.2) is 44.2 Å². The molecule has 0 aliphatic carbocycles. The highest BCUT2D eigenvalue weighted by Crippen LogP contribution is 2.13. The Morgan fingerprint density at radius 3 is 1.91 bits per heavy atom. The number of likely N-dealkylation sites (N-methyl/N-ethyl adjacent to an activating group) is 1. The molecule has 0 bridgehead atoms. The summed E-state index contributed by atoms with van der Waals surface area (Å²) in [6.07, 6.45) is 13.8. The number of nitrogens with one attached hydrogen (secondary N) is 2. The minimum absolute atomic E-state index is 0.000833. The molecule has 4 heteroatoms. The molecule has 0 saturated heterocycles. The summed E-state index contributed by atoms with van der Waals surface area (Å²) in [5, 5.41) is 6.16. The van der Waals surface area contributed by atoms with Crippen molar-refractivity contribution in [1.29, 1.82) is 0 Å². The molecule has 0 aromatic carbocycles. The standard InChI is InChI=1S/C19H41N3O/c1-5-7-9-11-13-15-18(14-12-10-8-6-2)21-19(23)20-16-17-22(3)4/h18H,5-17H2,1-4H3,(H2,20,21,23). The topological polar surface area (TPSA) is 44.4 Å². The molecule has 138 valence electrons. The minimum Gasteiger partial charge on any atom is -0.337 e. The number of carbonyl (C=O) groups excluding carboxylic acids is 1. The third-order valence-electron chi connectivity index (χ3n) is 4.24. The fourth-order valence-electron chi connectivity index (χ4n) is 2.73. The molecule has 0 aliphatic heterocycles. The predicted octanol–water partition coefficient (Wildman–Crippen LogP) is 4.55. The van der Waals surface area contributed by atoms with Gasteiger partial charge >= 0.3 is 6.03 Å². The van der Waals surface area contributed by atoms with E-state index in [1.54, 1.807) is 0 Å². The van der Waals surface area contributed by atoms with Gasteiger partial charge in [0, 0.05) is 19.1 Å². The van der Waals surface area contributed by atoms with Gasteiger partial charge in [0.15, 0.2) is 0 Å². The molecule has 1 atom stereocenters. The van der Waals surface area contributed by atoms with Crippen LogP contribution in [0.5, 0.6) is 0 Å². The molecule has 23 heavy (non-hydrogen) atoms. The Hall–Kier alpha value is -0.770. The van der Waals surface area contributed by atoms with Crippen molar-refractivity contribution >= 4 is 6.03 Å². The van der Waals surface area contributed by atoms with Gasteiger partial charge in [0.2, 0.25) is 0 Å². The van der Waals surface area contributed by atoms with Gasteiger partial charge in [-0.3, -0.25) is 0 Å². The maximum Gasteiger partial charge on any atom is 0.315 e. The third kappa shape index (κ3) is 15.9. The molecular formula is C19H41N3O. The number of carbonyl (C=O) groups is 1. The second-order valence-electron chi connectivity index (χ2n) is 6.95. The van der Waals surface area contributed by atoms with E-state index in [1.807, 2.05) is 14.1 Å². The molecule has 0 spiro atoms. The SMILES string of the molecule is CCCCCCCC(CCCCCC)NC(=O)NCCN(C)C. The number of nitrogens with zero attached hydrogens (tertiary/aromatic N) is 1. The molecule has 0 aromatic rings. The zero-order valence-corrected chi connectivity index (χ0v) is 16.1. The summed E-state index contributed by atoms with van der Waals surface area (Å²) in [6, 6.07) is 0.341. The predicted molar refractivity (Wildman–Crippen MR) is 101 cm³/mol. The van der Waals surface area contributed by atoms with E-state index in [0.717, 1.165) is 19.4 Å². The molecule has 2 N–H and O–H groups in total. The van der Waals surface area contributed by atoms with Crippen LogP contribution >= 0.6 is 0 Å². The zero-order valence-electron chi connectivity index (χ0n) is 16.1. The normalized spacial score (nSPS) is 12.4. The van der Waals surface area contributed by atoms with Crippen LogP contribution in [0.15, 0.2) is 0 Å². The smallest absolute Gasteiger partial charge is 0.315 e. The fraction of sp³-hybridized carbons (Fsp3) is 0.947. The molecule has 0 aromatic heterocycles. The summed E-state index contributed by atoms with van der Waals surface area (Å²) in [5.74, 6) is 0. The molecule has 4 nitrogen and oxygen atoms in total. The largest absolute Gasteiger partial charge is 0.337 e. The van der Waals surface area contributed by atoms with Crippen molar-refractivity contribution in [2.75, 3.05) is 27.2 Å².